The minimum absolute atomic E-state index is 0.0191. The van der Waals surface area contributed by atoms with Crippen LogP contribution in [-0.2, 0) is 4.79 Å². The average molecular weight is 382 g/mol. The molecule has 2 amide bonds. The second-order valence-corrected chi connectivity index (χ2v) is 7.67. The lowest BCUT2D eigenvalue weighted by atomic mass is 10.2. The smallest absolute Gasteiger partial charge is 0.261 e. The maximum absolute atomic E-state index is 12.7. The number of nitrogens with zero attached hydrogens (tertiary/aromatic N) is 2. The van der Waals surface area contributed by atoms with Crippen LogP contribution in [0.5, 0.6) is 0 Å². The number of benzene rings is 1. The predicted octanol–water partition coefficient (Wildman–Crippen LogP) is 3.50. The number of para-hydroxylation sites is 2. The van der Waals surface area contributed by atoms with Gasteiger partial charge >= 0.3 is 0 Å². The van der Waals surface area contributed by atoms with E-state index in [0.717, 1.165) is 36.2 Å². The molecule has 2 aromatic heterocycles. The lowest BCUT2D eigenvalue weighted by Gasteiger charge is -2.23. The van der Waals surface area contributed by atoms with Gasteiger partial charge in [0.1, 0.15) is 5.82 Å². The number of amides is 2. The highest BCUT2D eigenvalue weighted by Gasteiger charge is 2.31. The van der Waals surface area contributed by atoms with Crippen LogP contribution in [0.3, 0.4) is 0 Å². The molecule has 0 saturated carbocycles. The van der Waals surface area contributed by atoms with E-state index in [0.29, 0.717) is 24.3 Å². The van der Waals surface area contributed by atoms with Crippen LogP contribution >= 0.6 is 11.3 Å². The van der Waals surface area contributed by atoms with E-state index in [1.807, 2.05) is 40.6 Å². The fraction of sp³-hybridized carbons (Fsp3) is 0.350. The molecular formula is C20H22N4O2S. The molecule has 3 heterocycles. The summed E-state index contributed by atoms with van der Waals surface area (Å²) in [4.78, 5) is 35.3. The predicted molar refractivity (Wildman–Crippen MR) is 106 cm³/mol. The van der Waals surface area contributed by atoms with Gasteiger partial charge in [0, 0.05) is 19.5 Å². The van der Waals surface area contributed by atoms with Crippen LogP contribution in [0.4, 0.5) is 0 Å². The largest absolute Gasteiger partial charge is 0.351 e. The van der Waals surface area contributed by atoms with Crippen molar-refractivity contribution in [1.82, 2.24) is 20.2 Å². The fourth-order valence-electron chi connectivity index (χ4n) is 3.56. The zero-order valence-corrected chi connectivity index (χ0v) is 15.8. The molecule has 0 bridgehead atoms. The first-order valence-corrected chi connectivity index (χ1v) is 10.2. The first kappa shape index (κ1) is 17.7. The molecule has 1 aliphatic heterocycles. The van der Waals surface area contributed by atoms with Gasteiger partial charge in [-0.15, -0.1) is 11.3 Å². The van der Waals surface area contributed by atoms with E-state index < -0.39 is 0 Å². The Labute approximate surface area is 161 Å². The van der Waals surface area contributed by atoms with Crippen LogP contribution < -0.4 is 5.32 Å². The van der Waals surface area contributed by atoms with Crippen LogP contribution in [0.1, 0.15) is 47.2 Å². The second kappa shape index (κ2) is 7.92. The number of H-pyrrole nitrogens is 1. The molecule has 1 unspecified atom stereocenters. The van der Waals surface area contributed by atoms with Gasteiger partial charge in [0.2, 0.25) is 5.91 Å². The number of fused-ring (bicyclic) bond motifs is 1. The van der Waals surface area contributed by atoms with Gasteiger partial charge in [-0.05, 0) is 42.8 Å². The molecule has 2 N–H and O–H groups in total. The Morgan fingerprint density at radius 1 is 1.26 bits per heavy atom. The summed E-state index contributed by atoms with van der Waals surface area (Å²) in [6.45, 7) is 1.27. The minimum atomic E-state index is -0.0706. The first-order chi connectivity index (χ1) is 13.2. The molecule has 27 heavy (non-hydrogen) atoms. The van der Waals surface area contributed by atoms with Gasteiger partial charge in [0.25, 0.3) is 5.91 Å². The van der Waals surface area contributed by atoms with Gasteiger partial charge in [-0.1, -0.05) is 18.2 Å². The Bertz CT molecular complexity index is 902. The van der Waals surface area contributed by atoms with Crippen molar-refractivity contribution in [3.8, 4) is 0 Å². The molecule has 0 radical (unpaired) electrons. The molecule has 1 aromatic carbocycles. The zero-order chi connectivity index (χ0) is 18.6. The number of carbonyl (C=O) groups excluding carboxylic acids is 2. The van der Waals surface area contributed by atoms with E-state index in [9.17, 15) is 9.59 Å². The summed E-state index contributed by atoms with van der Waals surface area (Å²) in [7, 11) is 0. The maximum Gasteiger partial charge on any atom is 0.261 e. The van der Waals surface area contributed by atoms with E-state index in [2.05, 4.69) is 15.3 Å². The van der Waals surface area contributed by atoms with Crippen molar-refractivity contribution >= 4 is 34.2 Å². The Morgan fingerprint density at radius 2 is 2.15 bits per heavy atom. The number of nitrogens with one attached hydrogen (secondary N) is 2. The van der Waals surface area contributed by atoms with Crippen LogP contribution in [0.15, 0.2) is 41.8 Å². The number of hydrogen-bond acceptors (Lipinski definition) is 4. The third kappa shape index (κ3) is 3.88. The quantitative estimate of drug-likeness (QED) is 0.641. The van der Waals surface area contributed by atoms with E-state index in [1.165, 1.54) is 11.3 Å². The number of hydrogen-bond donors (Lipinski definition) is 2. The van der Waals surface area contributed by atoms with Crippen molar-refractivity contribution in [3.63, 3.8) is 0 Å². The SMILES string of the molecule is O=C(NCCCC(=O)N1CCCC1c1nc2ccccc2[nH]1)c1cccs1. The summed E-state index contributed by atoms with van der Waals surface area (Å²) < 4.78 is 0. The highest BCUT2D eigenvalue weighted by atomic mass is 32.1. The number of likely N-dealkylation sites (tertiary alicyclic amines) is 1. The number of thiophene rings is 1. The van der Waals surface area contributed by atoms with Gasteiger partial charge in [0.05, 0.1) is 22.0 Å². The molecule has 3 aromatic rings. The molecular weight excluding hydrogens is 360 g/mol. The van der Waals surface area contributed by atoms with Crippen LogP contribution in [0.2, 0.25) is 0 Å². The molecule has 1 fully saturated rings. The van der Waals surface area contributed by atoms with Gasteiger partial charge in [-0.2, -0.15) is 0 Å². The summed E-state index contributed by atoms with van der Waals surface area (Å²) in [5.74, 6) is 0.926. The number of rotatable bonds is 6. The van der Waals surface area contributed by atoms with Gasteiger partial charge in [-0.3, -0.25) is 9.59 Å². The van der Waals surface area contributed by atoms with E-state index in [-0.39, 0.29) is 17.9 Å². The topological polar surface area (TPSA) is 78.1 Å². The van der Waals surface area contributed by atoms with Gasteiger partial charge < -0.3 is 15.2 Å². The molecule has 0 spiro atoms. The Hall–Kier alpha value is -2.67. The summed E-state index contributed by atoms with van der Waals surface area (Å²) in [5.41, 5.74) is 1.94. The molecule has 0 aliphatic carbocycles. The molecule has 1 atom stereocenters. The molecule has 7 heteroatoms. The van der Waals surface area contributed by atoms with Crippen molar-refractivity contribution in [2.45, 2.75) is 31.7 Å². The molecule has 1 saturated heterocycles. The van der Waals surface area contributed by atoms with Crippen LogP contribution in [0, 0.1) is 0 Å². The van der Waals surface area contributed by atoms with Crippen LogP contribution in [-0.4, -0.2) is 39.8 Å². The number of carbonyl (C=O) groups is 2. The normalized spacial score (nSPS) is 16.7. The summed E-state index contributed by atoms with van der Waals surface area (Å²) >= 11 is 1.42. The number of aromatic amines is 1. The average Bonchev–Trinajstić information content (AvgIpc) is 3.43. The lowest BCUT2D eigenvalue weighted by Crippen LogP contribution is -2.32. The minimum Gasteiger partial charge on any atom is -0.351 e. The van der Waals surface area contributed by atoms with Gasteiger partial charge in [0.15, 0.2) is 0 Å². The van der Waals surface area contributed by atoms with Crippen molar-refractivity contribution in [3.05, 3.63) is 52.5 Å². The van der Waals surface area contributed by atoms with Crippen LogP contribution in [0.25, 0.3) is 11.0 Å². The monoisotopic (exact) mass is 382 g/mol. The van der Waals surface area contributed by atoms with E-state index in [4.69, 9.17) is 0 Å². The molecule has 4 rings (SSSR count). The summed E-state index contributed by atoms with van der Waals surface area (Å²) in [6, 6.07) is 11.6. The standard InChI is InChI=1S/C20H22N4O2S/c25-18(10-3-11-21-20(26)17-9-5-13-27-17)24-12-4-8-16(24)19-22-14-6-1-2-7-15(14)23-19/h1-2,5-7,9,13,16H,3-4,8,10-12H2,(H,21,26)(H,22,23). The maximum atomic E-state index is 12.7. The Balaban J connectivity index is 1.31. The molecule has 6 nitrogen and oxygen atoms in total. The molecule has 1 aliphatic rings. The number of aromatic nitrogens is 2. The fourth-order valence-corrected chi connectivity index (χ4v) is 4.20. The van der Waals surface area contributed by atoms with Crippen molar-refractivity contribution in [2.24, 2.45) is 0 Å². The van der Waals surface area contributed by atoms with Crippen molar-refractivity contribution in [1.29, 1.82) is 0 Å². The van der Waals surface area contributed by atoms with E-state index in [1.54, 1.807) is 6.07 Å². The Morgan fingerprint density at radius 3 is 2.96 bits per heavy atom. The first-order valence-electron chi connectivity index (χ1n) is 9.28. The van der Waals surface area contributed by atoms with Gasteiger partial charge in [-0.25, -0.2) is 4.98 Å². The van der Waals surface area contributed by atoms with E-state index >= 15 is 0 Å². The Kier molecular flexibility index (Phi) is 5.20. The highest BCUT2D eigenvalue weighted by molar-refractivity contribution is 7.12. The zero-order valence-electron chi connectivity index (χ0n) is 15.0. The third-order valence-corrected chi connectivity index (χ3v) is 5.76. The second-order valence-electron chi connectivity index (χ2n) is 6.72. The summed E-state index contributed by atoms with van der Waals surface area (Å²) in [5, 5.41) is 4.75. The molecule has 140 valence electrons. The third-order valence-electron chi connectivity index (χ3n) is 4.89. The highest BCUT2D eigenvalue weighted by Crippen LogP contribution is 2.32. The lowest BCUT2D eigenvalue weighted by molar-refractivity contribution is -0.132. The summed E-state index contributed by atoms with van der Waals surface area (Å²) in [6.07, 6.45) is 2.99. The van der Waals surface area contributed by atoms with Crippen molar-refractivity contribution < 1.29 is 9.59 Å². The van der Waals surface area contributed by atoms with Crippen molar-refractivity contribution in [2.75, 3.05) is 13.1 Å². The number of imidazole rings is 1.